The number of nitrogens with zero attached hydrogens (tertiary/aromatic N) is 2. The van der Waals surface area contributed by atoms with E-state index in [1.807, 2.05) is 80.6 Å². The van der Waals surface area contributed by atoms with Gasteiger partial charge >= 0.3 is 0 Å². The Morgan fingerprint density at radius 2 is 1.62 bits per heavy atom. The number of carbonyl (C=O) groups excluding carboxylic acids is 2. The molecule has 5 rings (SSSR count). The van der Waals surface area contributed by atoms with Crippen molar-refractivity contribution in [2.75, 3.05) is 23.2 Å². The van der Waals surface area contributed by atoms with Gasteiger partial charge in [-0.05, 0) is 61.7 Å². The molecular formula is C30H32N2O5. The number of hydrogen-bond donors (Lipinski definition) is 0. The minimum absolute atomic E-state index is 0.269. The summed E-state index contributed by atoms with van der Waals surface area (Å²) in [5.74, 6) is -0.0591. The SMILES string of the molecule is CCCCOc1ccc([C@H]2[C@@H]3C(=O)N(c4ccccc4C)C(=O)[C@H]3ON2c2ccccc2)cc1OCC. The molecule has 0 spiro atoms. The number of carbonyl (C=O) groups is 2. The fourth-order valence-corrected chi connectivity index (χ4v) is 5.03. The number of benzene rings is 3. The van der Waals surface area contributed by atoms with Gasteiger partial charge in [0.1, 0.15) is 5.92 Å². The topological polar surface area (TPSA) is 68.3 Å². The third-order valence-electron chi connectivity index (χ3n) is 6.85. The average Bonchev–Trinajstić information content (AvgIpc) is 3.42. The maximum atomic E-state index is 13.9. The first kappa shape index (κ1) is 24.8. The second-order valence-electron chi connectivity index (χ2n) is 9.30. The van der Waals surface area contributed by atoms with E-state index in [1.165, 1.54) is 4.90 Å². The maximum Gasteiger partial charge on any atom is 0.266 e. The lowest BCUT2D eigenvalue weighted by Gasteiger charge is -2.29. The number of ether oxygens (including phenoxy) is 2. The molecular weight excluding hydrogens is 468 g/mol. The van der Waals surface area contributed by atoms with Crippen LogP contribution in [-0.2, 0) is 14.4 Å². The van der Waals surface area contributed by atoms with Crippen molar-refractivity contribution in [3.8, 4) is 11.5 Å². The lowest BCUT2D eigenvalue weighted by atomic mass is 9.90. The van der Waals surface area contributed by atoms with Crippen LogP contribution in [0.2, 0.25) is 0 Å². The average molecular weight is 501 g/mol. The molecule has 37 heavy (non-hydrogen) atoms. The molecule has 7 nitrogen and oxygen atoms in total. The van der Waals surface area contributed by atoms with Gasteiger partial charge in [0.15, 0.2) is 17.6 Å². The molecule has 0 radical (unpaired) electrons. The zero-order chi connectivity index (χ0) is 25.9. The smallest absolute Gasteiger partial charge is 0.266 e. The van der Waals surface area contributed by atoms with Gasteiger partial charge in [-0.2, -0.15) is 0 Å². The van der Waals surface area contributed by atoms with Crippen molar-refractivity contribution in [1.82, 2.24) is 0 Å². The first-order valence-electron chi connectivity index (χ1n) is 12.9. The number of para-hydroxylation sites is 2. The van der Waals surface area contributed by atoms with Crippen LogP contribution in [0, 0.1) is 12.8 Å². The molecule has 2 amide bonds. The van der Waals surface area contributed by atoms with Crippen molar-refractivity contribution in [2.45, 2.75) is 45.8 Å². The summed E-state index contributed by atoms with van der Waals surface area (Å²) in [6, 6.07) is 22.2. The third kappa shape index (κ3) is 4.55. The van der Waals surface area contributed by atoms with Crippen molar-refractivity contribution in [3.63, 3.8) is 0 Å². The molecule has 3 aromatic carbocycles. The van der Waals surface area contributed by atoms with Crippen LogP contribution in [0.3, 0.4) is 0 Å². The van der Waals surface area contributed by atoms with Crippen LogP contribution in [0.15, 0.2) is 72.8 Å². The summed E-state index contributed by atoms with van der Waals surface area (Å²) in [4.78, 5) is 35.0. The van der Waals surface area contributed by atoms with E-state index in [2.05, 4.69) is 6.92 Å². The first-order valence-corrected chi connectivity index (χ1v) is 12.9. The Bertz CT molecular complexity index is 1280. The van der Waals surface area contributed by atoms with Crippen LogP contribution in [-0.4, -0.2) is 31.1 Å². The van der Waals surface area contributed by atoms with Crippen LogP contribution in [0.25, 0.3) is 0 Å². The molecule has 3 aromatic rings. The second kappa shape index (κ2) is 10.6. The van der Waals surface area contributed by atoms with Gasteiger partial charge in [-0.1, -0.05) is 55.8 Å². The summed E-state index contributed by atoms with van der Waals surface area (Å²) in [6.07, 6.45) is 1.05. The summed E-state index contributed by atoms with van der Waals surface area (Å²) >= 11 is 0. The fourth-order valence-electron chi connectivity index (χ4n) is 5.03. The van der Waals surface area contributed by atoms with Gasteiger partial charge in [-0.15, -0.1) is 0 Å². The second-order valence-corrected chi connectivity index (χ2v) is 9.30. The van der Waals surface area contributed by atoms with Gasteiger partial charge in [0, 0.05) is 0 Å². The normalized spacial score (nSPS) is 20.9. The van der Waals surface area contributed by atoms with Crippen molar-refractivity contribution in [3.05, 3.63) is 83.9 Å². The molecule has 7 heteroatoms. The lowest BCUT2D eigenvalue weighted by Crippen LogP contribution is -2.37. The Kier molecular flexibility index (Phi) is 7.15. The van der Waals surface area contributed by atoms with Crippen LogP contribution < -0.4 is 19.4 Å². The van der Waals surface area contributed by atoms with E-state index in [9.17, 15) is 9.59 Å². The van der Waals surface area contributed by atoms with E-state index in [1.54, 1.807) is 11.1 Å². The maximum absolute atomic E-state index is 13.9. The number of imide groups is 1. The molecule has 2 aliphatic rings. The number of amides is 2. The van der Waals surface area contributed by atoms with Gasteiger partial charge in [0.05, 0.1) is 30.6 Å². The molecule has 3 atom stereocenters. The van der Waals surface area contributed by atoms with Crippen LogP contribution >= 0.6 is 0 Å². The quantitative estimate of drug-likeness (QED) is 0.280. The van der Waals surface area contributed by atoms with Gasteiger partial charge in [-0.3, -0.25) is 14.4 Å². The predicted molar refractivity (Wildman–Crippen MR) is 142 cm³/mol. The highest BCUT2D eigenvalue weighted by Crippen LogP contribution is 2.49. The van der Waals surface area contributed by atoms with E-state index >= 15 is 0 Å². The van der Waals surface area contributed by atoms with Gasteiger partial charge < -0.3 is 9.47 Å². The molecule has 2 fully saturated rings. The number of hydrogen-bond acceptors (Lipinski definition) is 6. The van der Waals surface area contributed by atoms with Crippen molar-refractivity contribution < 1.29 is 23.9 Å². The van der Waals surface area contributed by atoms with Crippen LogP contribution in [0.4, 0.5) is 11.4 Å². The molecule has 192 valence electrons. The Morgan fingerprint density at radius 1 is 0.865 bits per heavy atom. The number of aryl methyl sites for hydroxylation is 1. The van der Waals surface area contributed by atoms with Crippen molar-refractivity contribution >= 4 is 23.2 Å². The lowest BCUT2D eigenvalue weighted by molar-refractivity contribution is -0.126. The zero-order valence-corrected chi connectivity index (χ0v) is 21.4. The summed E-state index contributed by atoms with van der Waals surface area (Å²) in [5.41, 5.74) is 3.03. The molecule has 0 aliphatic carbocycles. The standard InChI is InChI=1S/C30H32N2O5/c1-4-6-18-36-24-17-16-21(19-25(24)35-5-2)27-26-28(37-32(27)22-13-8-7-9-14-22)30(34)31(29(26)33)23-15-11-10-12-20(23)3/h7-17,19,26-28H,4-6,18H2,1-3H3/t26-,27-,28-/m0/s1. The summed E-state index contributed by atoms with van der Waals surface area (Å²) < 4.78 is 11.9. The van der Waals surface area contributed by atoms with Crippen LogP contribution in [0.5, 0.6) is 11.5 Å². The van der Waals surface area contributed by atoms with E-state index < -0.39 is 18.1 Å². The third-order valence-corrected chi connectivity index (χ3v) is 6.85. The minimum atomic E-state index is -0.923. The molecule has 2 heterocycles. The van der Waals surface area contributed by atoms with Crippen molar-refractivity contribution in [1.29, 1.82) is 0 Å². The summed E-state index contributed by atoms with van der Waals surface area (Å²) in [6.45, 7) is 7.00. The van der Waals surface area contributed by atoms with Crippen LogP contribution in [0.1, 0.15) is 43.9 Å². The number of unbranched alkanes of at least 4 members (excludes halogenated alkanes) is 1. The highest BCUT2D eigenvalue weighted by molar-refractivity contribution is 6.24. The molecule has 0 bridgehead atoms. The molecule has 2 saturated heterocycles. The zero-order valence-electron chi connectivity index (χ0n) is 21.4. The molecule has 0 saturated carbocycles. The van der Waals surface area contributed by atoms with Gasteiger partial charge in [-0.25, -0.2) is 9.96 Å². The number of fused-ring (bicyclic) bond motifs is 1. The van der Waals surface area contributed by atoms with E-state index in [0.29, 0.717) is 30.4 Å². The predicted octanol–water partition coefficient (Wildman–Crippen LogP) is 5.62. The Labute approximate surface area is 217 Å². The molecule has 2 aliphatic heterocycles. The monoisotopic (exact) mass is 500 g/mol. The minimum Gasteiger partial charge on any atom is -0.490 e. The van der Waals surface area contributed by atoms with Gasteiger partial charge in [0.2, 0.25) is 5.91 Å². The summed E-state index contributed by atoms with van der Waals surface area (Å²) in [7, 11) is 0. The molecule has 0 N–H and O–H groups in total. The highest BCUT2D eigenvalue weighted by Gasteiger charge is 2.60. The van der Waals surface area contributed by atoms with E-state index in [0.717, 1.165) is 29.7 Å². The highest BCUT2D eigenvalue weighted by atomic mass is 16.7. The number of anilines is 2. The van der Waals surface area contributed by atoms with E-state index in [4.69, 9.17) is 14.3 Å². The number of hydroxylamine groups is 1. The Hall–Kier alpha value is -3.84. The Morgan fingerprint density at radius 3 is 2.35 bits per heavy atom. The number of rotatable bonds is 9. The fraction of sp³-hybridized carbons (Fsp3) is 0.333. The van der Waals surface area contributed by atoms with Gasteiger partial charge in [0.25, 0.3) is 5.91 Å². The summed E-state index contributed by atoms with van der Waals surface area (Å²) in [5, 5.41) is 1.70. The molecule has 0 unspecified atom stereocenters. The Balaban J connectivity index is 1.56. The first-order chi connectivity index (χ1) is 18.0. The largest absolute Gasteiger partial charge is 0.490 e. The molecule has 0 aromatic heterocycles. The van der Waals surface area contributed by atoms with E-state index in [-0.39, 0.29) is 11.8 Å². The van der Waals surface area contributed by atoms with Crippen molar-refractivity contribution in [2.24, 2.45) is 5.92 Å².